The average Bonchev–Trinajstić information content (AvgIpc) is 2.73. The fourth-order valence-electron chi connectivity index (χ4n) is 2.97. The number of amides is 1. The zero-order valence-corrected chi connectivity index (χ0v) is 17.9. The fourth-order valence-corrected chi connectivity index (χ4v) is 2.97. The highest BCUT2D eigenvalue weighted by Crippen LogP contribution is 2.20. The minimum absolute atomic E-state index is 0.100. The number of methoxy groups -OCH3 is 1. The lowest BCUT2D eigenvalue weighted by Crippen LogP contribution is -2.41. The van der Waals surface area contributed by atoms with E-state index in [1.807, 2.05) is 19.1 Å². The predicted octanol–water partition coefficient (Wildman–Crippen LogP) is 2.60. The van der Waals surface area contributed by atoms with E-state index in [-0.39, 0.29) is 18.1 Å². The largest absolute Gasteiger partial charge is 0.496 e. The highest BCUT2D eigenvalue weighted by Gasteiger charge is 2.05. The Hall–Kier alpha value is -3.09. The molecule has 6 nitrogen and oxygen atoms in total. The van der Waals surface area contributed by atoms with Gasteiger partial charge in [0.1, 0.15) is 11.6 Å². The normalized spacial score (nSPS) is 11.1. The number of halogens is 1. The summed E-state index contributed by atoms with van der Waals surface area (Å²) in [6.07, 6.45) is 1.00. The van der Waals surface area contributed by atoms with Crippen LogP contribution in [0.4, 0.5) is 4.39 Å². The summed E-state index contributed by atoms with van der Waals surface area (Å²) >= 11 is 0. The van der Waals surface area contributed by atoms with Gasteiger partial charge in [-0.05, 0) is 49.6 Å². The molecule has 0 bridgehead atoms. The Bertz CT molecular complexity index is 838. The standard InChI is InChI=1S/C23H31FN4O2/c1-4-25-23(27-12-11-19-15-17(2)5-10-21(19)30-3)28-14-13-26-22(29)16-18-6-8-20(24)9-7-18/h5-10,15H,4,11-14,16H2,1-3H3,(H,26,29)(H2,25,27,28). The number of rotatable bonds is 10. The van der Waals surface area contributed by atoms with Crippen molar-refractivity contribution in [1.82, 2.24) is 16.0 Å². The summed E-state index contributed by atoms with van der Waals surface area (Å²) in [7, 11) is 1.67. The van der Waals surface area contributed by atoms with E-state index in [0.717, 1.165) is 29.8 Å². The summed E-state index contributed by atoms with van der Waals surface area (Å²) in [6, 6.07) is 12.1. The van der Waals surface area contributed by atoms with Crippen molar-refractivity contribution >= 4 is 11.9 Å². The first-order chi connectivity index (χ1) is 14.5. The van der Waals surface area contributed by atoms with E-state index in [1.54, 1.807) is 19.2 Å². The zero-order chi connectivity index (χ0) is 21.8. The Morgan fingerprint density at radius 1 is 1.07 bits per heavy atom. The highest BCUT2D eigenvalue weighted by molar-refractivity contribution is 5.80. The van der Waals surface area contributed by atoms with Gasteiger partial charge in [-0.1, -0.05) is 29.8 Å². The van der Waals surface area contributed by atoms with Gasteiger partial charge in [-0.25, -0.2) is 4.39 Å². The van der Waals surface area contributed by atoms with Crippen molar-refractivity contribution in [1.29, 1.82) is 0 Å². The van der Waals surface area contributed by atoms with E-state index in [2.05, 4.69) is 33.9 Å². The molecule has 2 aromatic carbocycles. The van der Waals surface area contributed by atoms with E-state index >= 15 is 0 Å². The van der Waals surface area contributed by atoms with E-state index in [0.29, 0.717) is 25.6 Å². The highest BCUT2D eigenvalue weighted by atomic mass is 19.1. The number of hydrogen-bond acceptors (Lipinski definition) is 3. The Labute approximate surface area is 177 Å². The SMILES string of the molecule is CCNC(=NCCc1cc(C)ccc1OC)NCCNC(=O)Cc1ccc(F)cc1. The molecule has 2 aromatic rings. The number of carbonyl (C=O) groups excluding carboxylic acids is 1. The molecule has 0 aliphatic carbocycles. The number of aliphatic imine (C=N–C) groups is 1. The van der Waals surface area contributed by atoms with Gasteiger partial charge in [0, 0.05) is 26.2 Å². The Morgan fingerprint density at radius 3 is 2.50 bits per heavy atom. The monoisotopic (exact) mass is 414 g/mol. The van der Waals surface area contributed by atoms with Crippen LogP contribution in [0, 0.1) is 12.7 Å². The second-order valence-electron chi connectivity index (χ2n) is 6.91. The van der Waals surface area contributed by atoms with Gasteiger partial charge in [0.15, 0.2) is 5.96 Å². The van der Waals surface area contributed by atoms with Crippen molar-refractivity contribution in [2.24, 2.45) is 4.99 Å². The van der Waals surface area contributed by atoms with Crippen molar-refractivity contribution in [3.8, 4) is 5.75 Å². The summed E-state index contributed by atoms with van der Waals surface area (Å²) in [5, 5.41) is 9.27. The van der Waals surface area contributed by atoms with E-state index in [9.17, 15) is 9.18 Å². The molecular weight excluding hydrogens is 383 g/mol. The predicted molar refractivity (Wildman–Crippen MR) is 119 cm³/mol. The first kappa shape index (κ1) is 23.2. The molecule has 3 N–H and O–H groups in total. The van der Waals surface area contributed by atoms with Crippen LogP contribution in [0.2, 0.25) is 0 Å². The number of benzene rings is 2. The molecule has 2 rings (SSSR count). The van der Waals surface area contributed by atoms with Crippen LogP contribution < -0.4 is 20.7 Å². The molecule has 0 radical (unpaired) electrons. The molecule has 30 heavy (non-hydrogen) atoms. The van der Waals surface area contributed by atoms with Crippen LogP contribution in [0.1, 0.15) is 23.6 Å². The van der Waals surface area contributed by atoms with Gasteiger partial charge in [-0.2, -0.15) is 0 Å². The first-order valence-electron chi connectivity index (χ1n) is 10.2. The van der Waals surface area contributed by atoms with Crippen LogP contribution in [-0.4, -0.2) is 45.2 Å². The number of guanidine groups is 1. The number of nitrogens with one attached hydrogen (secondary N) is 3. The lowest BCUT2D eigenvalue weighted by Gasteiger charge is -2.13. The molecule has 1 amide bonds. The van der Waals surface area contributed by atoms with Crippen molar-refractivity contribution in [3.05, 3.63) is 65.0 Å². The molecule has 0 fully saturated rings. The van der Waals surface area contributed by atoms with E-state index in [4.69, 9.17) is 4.74 Å². The third-order valence-corrected chi connectivity index (χ3v) is 4.45. The van der Waals surface area contributed by atoms with Gasteiger partial charge in [-0.15, -0.1) is 0 Å². The van der Waals surface area contributed by atoms with Gasteiger partial charge in [0.2, 0.25) is 5.91 Å². The summed E-state index contributed by atoms with van der Waals surface area (Å²) < 4.78 is 18.3. The topological polar surface area (TPSA) is 74.8 Å². The van der Waals surface area contributed by atoms with Crippen LogP contribution in [0.3, 0.4) is 0 Å². The van der Waals surface area contributed by atoms with Gasteiger partial charge in [0.25, 0.3) is 0 Å². The lowest BCUT2D eigenvalue weighted by atomic mass is 10.1. The van der Waals surface area contributed by atoms with Crippen molar-refractivity contribution in [2.45, 2.75) is 26.7 Å². The molecule has 7 heteroatoms. The molecule has 0 saturated heterocycles. The van der Waals surface area contributed by atoms with Crippen LogP contribution in [0.15, 0.2) is 47.5 Å². The lowest BCUT2D eigenvalue weighted by molar-refractivity contribution is -0.120. The van der Waals surface area contributed by atoms with Gasteiger partial charge in [-0.3, -0.25) is 9.79 Å². The van der Waals surface area contributed by atoms with E-state index in [1.165, 1.54) is 17.7 Å². The van der Waals surface area contributed by atoms with Crippen LogP contribution in [0.5, 0.6) is 5.75 Å². The second-order valence-corrected chi connectivity index (χ2v) is 6.91. The third kappa shape index (κ3) is 8.11. The summed E-state index contributed by atoms with van der Waals surface area (Å²) in [5.74, 6) is 1.17. The number of hydrogen-bond donors (Lipinski definition) is 3. The van der Waals surface area contributed by atoms with Crippen molar-refractivity contribution in [2.75, 3.05) is 33.3 Å². The molecule has 0 atom stereocenters. The van der Waals surface area contributed by atoms with Crippen LogP contribution in [-0.2, 0) is 17.6 Å². The maximum absolute atomic E-state index is 12.9. The first-order valence-corrected chi connectivity index (χ1v) is 10.2. The molecule has 0 unspecified atom stereocenters. The number of ether oxygens (including phenoxy) is 1. The molecule has 0 spiro atoms. The van der Waals surface area contributed by atoms with Gasteiger partial charge in [0.05, 0.1) is 13.5 Å². The molecule has 0 aromatic heterocycles. The van der Waals surface area contributed by atoms with Gasteiger partial charge < -0.3 is 20.7 Å². The molecular formula is C23H31FN4O2. The Morgan fingerprint density at radius 2 is 1.80 bits per heavy atom. The molecule has 0 aliphatic rings. The number of nitrogens with zero attached hydrogens (tertiary/aromatic N) is 1. The molecule has 162 valence electrons. The summed E-state index contributed by atoms with van der Waals surface area (Å²) in [5.41, 5.74) is 3.10. The molecule has 0 aliphatic heterocycles. The second kappa shape index (κ2) is 12.5. The van der Waals surface area contributed by atoms with Crippen LogP contribution >= 0.6 is 0 Å². The minimum Gasteiger partial charge on any atom is -0.496 e. The average molecular weight is 415 g/mol. The van der Waals surface area contributed by atoms with E-state index < -0.39 is 0 Å². The smallest absolute Gasteiger partial charge is 0.224 e. The maximum atomic E-state index is 12.9. The maximum Gasteiger partial charge on any atom is 0.224 e. The van der Waals surface area contributed by atoms with Crippen molar-refractivity contribution in [3.63, 3.8) is 0 Å². The van der Waals surface area contributed by atoms with Crippen LogP contribution in [0.25, 0.3) is 0 Å². The number of aryl methyl sites for hydroxylation is 1. The zero-order valence-electron chi connectivity index (χ0n) is 17.9. The number of carbonyl (C=O) groups is 1. The summed E-state index contributed by atoms with van der Waals surface area (Å²) in [4.78, 5) is 16.6. The summed E-state index contributed by atoms with van der Waals surface area (Å²) in [6.45, 7) is 6.45. The molecule has 0 heterocycles. The van der Waals surface area contributed by atoms with Gasteiger partial charge >= 0.3 is 0 Å². The Kier molecular flexibility index (Phi) is 9.64. The van der Waals surface area contributed by atoms with Crippen molar-refractivity contribution < 1.29 is 13.9 Å². The minimum atomic E-state index is -0.306. The quantitative estimate of drug-likeness (QED) is 0.317. The molecule has 0 saturated carbocycles. The fraction of sp³-hybridized carbons (Fsp3) is 0.391. The Balaban J connectivity index is 1.76. The third-order valence-electron chi connectivity index (χ3n) is 4.45.